The van der Waals surface area contributed by atoms with Gasteiger partial charge in [-0.1, -0.05) is 30.0 Å². The third-order valence-electron chi connectivity index (χ3n) is 4.53. The standard InChI is InChI=1S/C22H18N2O4S/c1-3-10-24-21(26)17-6-4-5-7-18(17)23-22(24)29-13-14-11-20(25)28-19-12-15(27-2)8-9-16(14)19/h3-9,11-12H,1,10,13H2,2H3. The number of benzene rings is 2. The van der Waals surface area contributed by atoms with Crippen molar-refractivity contribution >= 4 is 33.6 Å². The molecule has 7 heteroatoms. The molecule has 0 unspecified atom stereocenters. The van der Waals surface area contributed by atoms with E-state index in [9.17, 15) is 9.59 Å². The Morgan fingerprint density at radius 1 is 1.17 bits per heavy atom. The van der Waals surface area contributed by atoms with E-state index in [-0.39, 0.29) is 5.56 Å². The van der Waals surface area contributed by atoms with E-state index >= 15 is 0 Å². The predicted octanol–water partition coefficient (Wildman–Crippen LogP) is 3.99. The molecule has 0 aliphatic rings. The van der Waals surface area contributed by atoms with E-state index in [0.29, 0.717) is 39.7 Å². The van der Waals surface area contributed by atoms with Crippen molar-refractivity contribution in [3.8, 4) is 5.75 Å². The Hall–Kier alpha value is -3.32. The first-order valence-corrected chi connectivity index (χ1v) is 9.93. The Balaban J connectivity index is 1.77. The lowest BCUT2D eigenvalue weighted by molar-refractivity contribution is 0.414. The molecule has 0 bridgehead atoms. The number of thioether (sulfide) groups is 1. The smallest absolute Gasteiger partial charge is 0.336 e. The molecule has 0 aliphatic carbocycles. The highest BCUT2D eigenvalue weighted by atomic mass is 32.2. The maximum Gasteiger partial charge on any atom is 0.336 e. The molecule has 0 saturated heterocycles. The van der Waals surface area contributed by atoms with Crippen LogP contribution in [0, 0.1) is 0 Å². The lowest BCUT2D eigenvalue weighted by atomic mass is 10.1. The molecule has 2 aromatic carbocycles. The van der Waals surface area contributed by atoms with Gasteiger partial charge in [-0.3, -0.25) is 9.36 Å². The number of fused-ring (bicyclic) bond motifs is 2. The molecule has 0 radical (unpaired) electrons. The summed E-state index contributed by atoms with van der Waals surface area (Å²) in [4.78, 5) is 29.5. The van der Waals surface area contributed by atoms with Crippen LogP contribution in [0.4, 0.5) is 0 Å². The van der Waals surface area contributed by atoms with Crippen LogP contribution in [0.1, 0.15) is 5.56 Å². The van der Waals surface area contributed by atoms with E-state index in [2.05, 4.69) is 11.6 Å². The minimum absolute atomic E-state index is 0.111. The highest BCUT2D eigenvalue weighted by molar-refractivity contribution is 7.98. The number of rotatable bonds is 6. The second kappa shape index (κ2) is 7.97. The molecule has 6 nitrogen and oxygen atoms in total. The Labute approximate surface area is 170 Å². The quantitative estimate of drug-likeness (QED) is 0.209. The molecule has 0 amide bonds. The highest BCUT2D eigenvalue weighted by Crippen LogP contribution is 2.28. The van der Waals surface area contributed by atoms with Gasteiger partial charge in [-0.05, 0) is 29.8 Å². The highest BCUT2D eigenvalue weighted by Gasteiger charge is 2.13. The molecule has 0 spiro atoms. The lowest BCUT2D eigenvalue weighted by Gasteiger charge is -2.12. The van der Waals surface area contributed by atoms with Crippen LogP contribution in [0.25, 0.3) is 21.9 Å². The van der Waals surface area contributed by atoms with E-state index < -0.39 is 5.63 Å². The second-order valence-corrected chi connectivity index (χ2v) is 7.30. The molecule has 4 rings (SSSR count). The van der Waals surface area contributed by atoms with E-state index in [0.717, 1.165) is 10.9 Å². The van der Waals surface area contributed by atoms with E-state index in [1.807, 2.05) is 30.3 Å². The molecule has 0 aliphatic heterocycles. The van der Waals surface area contributed by atoms with Gasteiger partial charge in [0.05, 0.1) is 18.0 Å². The van der Waals surface area contributed by atoms with Crippen LogP contribution in [0.15, 0.2) is 80.3 Å². The zero-order valence-corrected chi connectivity index (χ0v) is 16.6. The average Bonchev–Trinajstić information content (AvgIpc) is 2.73. The van der Waals surface area contributed by atoms with Crippen molar-refractivity contribution in [3.63, 3.8) is 0 Å². The molecule has 29 heavy (non-hydrogen) atoms. The van der Waals surface area contributed by atoms with Crippen molar-refractivity contribution in [1.82, 2.24) is 9.55 Å². The normalized spacial score (nSPS) is 11.1. The number of methoxy groups -OCH3 is 1. The van der Waals surface area contributed by atoms with Gasteiger partial charge < -0.3 is 9.15 Å². The fourth-order valence-corrected chi connectivity index (χ4v) is 4.15. The first-order valence-electron chi connectivity index (χ1n) is 8.95. The molecule has 0 saturated carbocycles. The molecule has 2 heterocycles. The van der Waals surface area contributed by atoms with Gasteiger partial charge in [0.15, 0.2) is 5.16 Å². The van der Waals surface area contributed by atoms with Gasteiger partial charge in [0, 0.05) is 29.8 Å². The summed E-state index contributed by atoms with van der Waals surface area (Å²) in [5.74, 6) is 1.07. The number of hydrogen-bond acceptors (Lipinski definition) is 6. The Kier molecular flexibility index (Phi) is 5.22. The summed E-state index contributed by atoms with van der Waals surface area (Å²) in [6.07, 6.45) is 1.67. The summed E-state index contributed by atoms with van der Waals surface area (Å²) in [6, 6.07) is 14.1. The number of hydrogen-bond donors (Lipinski definition) is 0. The van der Waals surface area contributed by atoms with Crippen molar-refractivity contribution in [2.45, 2.75) is 17.5 Å². The largest absolute Gasteiger partial charge is 0.497 e. The summed E-state index contributed by atoms with van der Waals surface area (Å²) >= 11 is 1.39. The third kappa shape index (κ3) is 3.69. The summed E-state index contributed by atoms with van der Waals surface area (Å²) in [5.41, 5.74) is 1.36. The molecule has 0 atom stereocenters. The predicted molar refractivity (Wildman–Crippen MR) is 115 cm³/mol. The van der Waals surface area contributed by atoms with Crippen molar-refractivity contribution in [2.24, 2.45) is 0 Å². The van der Waals surface area contributed by atoms with E-state index in [4.69, 9.17) is 9.15 Å². The minimum atomic E-state index is -0.434. The van der Waals surface area contributed by atoms with Crippen LogP contribution in [-0.4, -0.2) is 16.7 Å². The first kappa shape index (κ1) is 19.0. The van der Waals surface area contributed by atoms with Gasteiger partial charge in [-0.15, -0.1) is 6.58 Å². The summed E-state index contributed by atoms with van der Waals surface area (Å²) in [6.45, 7) is 4.10. The summed E-state index contributed by atoms with van der Waals surface area (Å²) in [5, 5.41) is 1.96. The molecule has 0 fully saturated rings. The first-order chi connectivity index (χ1) is 14.1. The maximum atomic E-state index is 12.9. The van der Waals surface area contributed by atoms with E-state index in [1.54, 1.807) is 29.9 Å². The van der Waals surface area contributed by atoms with Crippen molar-refractivity contribution in [2.75, 3.05) is 7.11 Å². The molecule has 2 aromatic heterocycles. The zero-order chi connectivity index (χ0) is 20.4. The van der Waals surface area contributed by atoms with Crippen molar-refractivity contribution in [1.29, 1.82) is 0 Å². The van der Waals surface area contributed by atoms with Crippen LogP contribution < -0.4 is 15.9 Å². The monoisotopic (exact) mass is 406 g/mol. The molecular formula is C22H18N2O4S. The van der Waals surface area contributed by atoms with Crippen LogP contribution in [0.2, 0.25) is 0 Å². The number of allylic oxidation sites excluding steroid dienone is 1. The SMILES string of the molecule is C=CCn1c(SCc2cc(=O)oc3cc(OC)ccc23)nc2ccccc2c1=O. The minimum Gasteiger partial charge on any atom is -0.497 e. The van der Waals surface area contributed by atoms with Gasteiger partial charge in [-0.2, -0.15) is 0 Å². The summed E-state index contributed by atoms with van der Waals surface area (Å²) in [7, 11) is 1.56. The average molecular weight is 406 g/mol. The Morgan fingerprint density at radius 3 is 2.79 bits per heavy atom. The molecule has 146 valence electrons. The van der Waals surface area contributed by atoms with Crippen LogP contribution in [0.5, 0.6) is 5.75 Å². The zero-order valence-electron chi connectivity index (χ0n) is 15.8. The Bertz CT molecular complexity index is 1340. The fraction of sp³-hybridized carbons (Fsp3) is 0.136. The van der Waals surface area contributed by atoms with Crippen molar-refractivity contribution in [3.05, 3.63) is 87.5 Å². The van der Waals surface area contributed by atoms with Crippen LogP contribution >= 0.6 is 11.8 Å². The number of ether oxygens (including phenoxy) is 1. The molecule has 0 N–H and O–H groups in total. The van der Waals surface area contributed by atoms with Crippen LogP contribution in [0.3, 0.4) is 0 Å². The lowest BCUT2D eigenvalue weighted by Crippen LogP contribution is -2.22. The van der Waals surface area contributed by atoms with Gasteiger partial charge in [0.2, 0.25) is 0 Å². The van der Waals surface area contributed by atoms with Crippen molar-refractivity contribution < 1.29 is 9.15 Å². The number of nitrogens with zero attached hydrogens (tertiary/aromatic N) is 2. The molecule has 4 aromatic rings. The van der Waals surface area contributed by atoms with Gasteiger partial charge in [0.1, 0.15) is 11.3 Å². The molecular weight excluding hydrogens is 388 g/mol. The topological polar surface area (TPSA) is 74.3 Å². The van der Waals surface area contributed by atoms with Crippen LogP contribution in [-0.2, 0) is 12.3 Å². The number of para-hydroxylation sites is 1. The van der Waals surface area contributed by atoms with E-state index in [1.165, 1.54) is 17.8 Å². The summed E-state index contributed by atoms with van der Waals surface area (Å²) < 4.78 is 12.1. The Morgan fingerprint density at radius 2 is 2.00 bits per heavy atom. The van der Waals surface area contributed by atoms with Gasteiger partial charge in [-0.25, -0.2) is 9.78 Å². The third-order valence-corrected chi connectivity index (χ3v) is 5.56. The second-order valence-electron chi connectivity index (χ2n) is 6.36. The van der Waals surface area contributed by atoms with Gasteiger partial charge in [0.25, 0.3) is 5.56 Å². The van der Waals surface area contributed by atoms with Gasteiger partial charge >= 0.3 is 5.63 Å². The maximum absolute atomic E-state index is 12.9. The number of aromatic nitrogens is 2. The fourth-order valence-electron chi connectivity index (χ4n) is 3.15.